The average Bonchev–Trinajstić information content (AvgIpc) is 2.62. The summed E-state index contributed by atoms with van der Waals surface area (Å²) < 4.78 is 5.55. The third-order valence-corrected chi connectivity index (χ3v) is 2.04. The van der Waals surface area contributed by atoms with Gasteiger partial charge in [0.25, 0.3) is 0 Å². The highest BCUT2D eigenvalue weighted by Crippen LogP contribution is 2.08. The first kappa shape index (κ1) is 8.44. The molecule has 2 heterocycles. The Kier molecular flexibility index (Phi) is 2.40. The molecule has 1 aromatic rings. The number of hydrogen-bond acceptors (Lipinski definition) is 4. The fourth-order valence-corrected chi connectivity index (χ4v) is 1.32. The lowest BCUT2D eigenvalue weighted by Crippen LogP contribution is -2.20. The van der Waals surface area contributed by atoms with Crippen molar-refractivity contribution in [3.63, 3.8) is 0 Å². The second-order valence-corrected chi connectivity index (χ2v) is 3.28. The largest absolute Gasteiger partial charge is 0.459 e. The normalized spacial score (nSPS) is 21.8. The third-order valence-electron chi connectivity index (χ3n) is 2.04. The smallest absolute Gasteiger partial charge is 0.316 e. The van der Waals surface area contributed by atoms with E-state index in [0.29, 0.717) is 6.01 Å². The fourth-order valence-electron chi connectivity index (χ4n) is 1.32. The molecule has 1 aliphatic heterocycles. The molecule has 13 heavy (non-hydrogen) atoms. The molecule has 0 aliphatic carbocycles. The Morgan fingerprint density at radius 1 is 1.46 bits per heavy atom. The highest BCUT2D eigenvalue weighted by atomic mass is 16.5. The van der Waals surface area contributed by atoms with E-state index in [1.54, 1.807) is 12.4 Å². The SMILES string of the molecule is Cc1cnc(O[C@@H]2CCNC2)nc1. The summed E-state index contributed by atoms with van der Waals surface area (Å²) in [6.07, 6.45) is 4.81. The van der Waals surface area contributed by atoms with Crippen molar-refractivity contribution in [2.75, 3.05) is 13.1 Å². The van der Waals surface area contributed by atoms with Crippen LogP contribution in [0.15, 0.2) is 12.4 Å². The summed E-state index contributed by atoms with van der Waals surface area (Å²) in [7, 11) is 0. The lowest BCUT2D eigenvalue weighted by molar-refractivity contribution is 0.204. The molecule has 1 N–H and O–H groups in total. The van der Waals surface area contributed by atoms with Crippen LogP contribution in [0.1, 0.15) is 12.0 Å². The molecule has 70 valence electrons. The number of ether oxygens (including phenoxy) is 1. The van der Waals surface area contributed by atoms with E-state index in [1.807, 2.05) is 6.92 Å². The summed E-state index contributed by atoms with van der Waals surface area (Å²) >= 11 is 0. The minimum absolute atomic E-state index is 0.239. The van der Waals surface area contributed by atoms with Crippen molar-refractivity contribution in [1.29, 1.82) is 0 Å². The van der Waals surface area contributed by atoms with Crippen molar-refractivity contribution in [2.24, 2.45) is 0 Å². The zero-order valence-corrected chi connectivity index (χ0v) is 7.66. The number of nitrogens with zero attached hydrogens (tertiary/aromatic N) is 2. The van der Waals surface area contributed by atoms with Crippen LogP contribution in [0.4, 0.5) is 0 Å². The number of nitrogens with one attached hydrogen (secondary N) is 1. The Morgan fingerprint density at radius 3 is 2.85 bits per heavy atom. The lowest BCUT2D eigenvalue weighted by Gasteiger charge is -2.09. The molecule has 1 aliphatic rings. The van der Waals surface area contributed by atoms with Crippen LogP contribution in [-0.2, 0) is 0 Å². The average molecular weight is 179 g/mol. The highest BCUT2D eigenvalue weighted by molar-refractivity contribution is 5.05. The maximum atomic E-state index is 5.55. The van der Waals surface area contributed by atoms with Crippen molar-refractivity contribution < 1.29 is 4.74 Å². The predicted molar refractivity (Wildman–Crippen MR) is 48.7 cm³/mol. The highest BCUT2D eigenvalue weighted by Gasteiger charge is 2.16. The topological polar surface area (TPSA) is 47.0 Å². The Balaban J connectivity index is 1.97. The zero-order chi connectivity index (χ0) is 9.10. The van der Waals surface area contributed by atoms with Gasteiger partial charge in [0.1, 0.15) is 6.10 Å². The van der Waals surface area contributed by atoms with Crippen LogP contribution in [0.3, 0.4) is 0 Å². The third kappa shape index (κ3) is 2.15. The molecule has 0 saturated carbocycles. The number of aryl methyl sites for hydroxylation is 1. The summed E-state index contributed by atoms with van der Waals surface area (Å²) in [6, 6.07) is 0.485. The summed E-state index contributed by atoms with van der Waals surface area (Å²) in [5.41, 5.74) is 1.05. The van der Waals surface area contributed by atoms with Gasteiger partial charge in [-0.25, -0.2) is 9.97 Å². The van der Waals surface area contributed by atoms with Crippen LogP contribution in [0.5, 0.6) is 6.01 Å². The molecule has 2 rings (SSSR count). The van der Waals surface area contributed by atoms with Crippen LogP contribution >= 0.6 is 0 Å². The first-order valence-electron chi connectivity index (χ1n) is 4.50. The second-order valence-electron chi connectivity index (χ2n) is 3.28. The molecule has 1 fully saturated rings. The van der Waals surface area contributed by atoms with E-state index in [-0.39, 0.29) is 6.10 Å². The Morgan fingerprint density at radius 2 is 2.23 bits per heavy atom. The van der Waals surface area contributed by atoms with E-state index in [9.17, 15) is 0 Å². The zero-order valence-electron chi connectivity index (χ0n) is 7.66. The number of aromatic nitrogens is 2. The number of hydrogen-bond donors (Lipinski definition) is 1. The van der Waals surface area contributed by atoms with Gasteiger partial charge in [-0.2, -0.15) is 0 Å². The first-order valence-corrected chi connectivity index (χ1v) is 4.50. The monoisotopic (exact) mass is 179 g/mol. The van der Waals surface area contributed by atoms with Gasteiger partial charge in [-0.05, 0) is 25.5 Å². The van der Waals surface area contributed by atoms with Crippen molar-refractivity contribution in [3.05, 3.63) is 18.0 Å². The van der Waals surface area contributed by atoms with Crippen LogP contribution < -0.4 is 10.1 Å². The van der Waals surface area contributed by atoms with Gasteiger partial charge in [-0.15, -0.1) is 0 Å². The van der Waals surface area contributed by atoms with Crippen LogP contribution in [0.2, 0.25) is 0 Å². The summed E-state index contributed by atoms with van der Waals surface area (Å²) in [5.74, 6) is 0. The van der Waals surface area contributed by atoms with Gasteiger partial charge in [0.05, 0.1) is 0 Å². The van der Waals surface area contributed by atoms with Gasteiger partial charge in [0, 0.05) is 18.9 Å². The molecule has 0 radical (unpaired) electrons. The van der Waals surface area contributed by atoms with Gasteiger partial charge >= 0.3 is 6.01 Å². The lowest BCUT2D eigenvalue weighted by atomic mass is 10.3. The van der Waals surface area contributed by atoms with Crippen molar-refractivity contribution in [3.8, 4) is 6.01 Å². The Labute approximate surface area is 77.4 Å². The number of rotatable bonds is 2. The van der Waals surface area contributed by atoms with Gasteiger partial charge in [-0.3, -0.25) is 0 Å². The molecule has 1 saturated heterocycles. The van der Waals surface area contributed by atoms with Gasteiger partial charge < -0.3 is 10.1 Å². The molecular weight excluding hydrogens is 166 g/mol. The van der Waals surface area contributed by atoms with E-state index in [0.717, 1.165) is 25.1 Å². The minimum atomic E-state index is 0.239. The molecule has 1 atom stereocenters. The molecule has 0 amide bonds. The van der Waals surface area contributed by atoms with Crippen molar-refractivity contribution in [1.82, 2.24) is 15.3 Å². The second kappa shape index (κ2) is 3.70. The molecule has 0 aromatic carbocycles. The van der Waals surface area contributed by atoms with E-state index < -0.39 is 0 Å². The summed E-state index contributed by atoms with van der Waals surface area (Å²) in [5, 5.41) is 3.22. The van der Waals surface area contributed by atoms with Crippen LogP contribution in [0.25, 0.3) is 0 Å². The quantitative estimate of drug-likeness (QED) is 0.719. The van der Waals surface area contributed by atoms with Crippen LogP contribution in [-0.4, -0.2) is 29.2 Å². The van der Waals surface area contributed by atoms with Gasteiger partial charge in [-0.1, -0.05) is 0 Å². The van der Waals surface area contributed by atoms with E-state index in [4.69, 9.17) is 4.74 Å². The van der Waals surface area contributed by atoms with E-state index >= 15 is 0 Å². The van der Waals surface area contributed by atoms with Crippen molar-refractivity contribution in [2.45, 2.75) is 19.4 Å². The maximum Gasteiger partial charge on any atom is 0.316 e. The molecule has 0 bridgehead atoms. The Hall–Kier alpha value is -1.16. The maximum absolute atomic E-state index is 5.55. The standard InChI is InChI=1S/C9H13N3O/c1-7-4-11-9(12-5-7)13-8-2-3-10-6-8/h4-5,8,10H,2-3,6H2,1H3/t8-/m1/s1. The molecule has 4 heteroatoms. The van der Waals surface area contributed by atoms with Gasteiger partial charge in [0.2, 0.25) is 0 Å². The van der Waals surface area contributed by atoms with E-state index in [2.05, 4.69) is 15.3 Å². The molecule has 0 spiro atoms. The van der Waals surface area contributed by atoms with Crippen LogP contribution in [0, 0.1) is 6.92 Å². The van der Waals surface area contributed by atoms with Gasteiger partial charge in [0.15, 0.2) is 0 Å². The summed E-state index contributed by atoms with van der Waals surface area (Å²) in [4.78, 5) is 8.16. The molecule has 1 aromatic heterocycles. The molecular formula is C9H13N3O. The predicted octanol–water partition coefficient (Wildman–Crippen LogP) is 0.526. The van der Waals surface area contributed by atoms with Crippen molar-refractivity contribution >= 4 is 0 Å². The molecule has 0 unspecified atom stereocenters. The molecule has 4 nitrogen and oxygen atoms in total. The minimum Gasteiger partial charge on any atom is -0.459 e. The fraction of sp³-hybridized carbons (Fsp3) is 0.556. The summed E-state index contributed by atoms with van der Waals surface area (Å²) in [6.45, 7) is 3.88. The Bertz CT molecular complexity index is 267. The van der Waals surface area contributed by atoms with E-state index in [1.165, 1.54) is 0 Å². The first-order chi connectivity index (χ1) is 6.34.